The lowest BCUT2D eigenvalue weighted by molar-refractivity contribution is -0.125. The molecule has 0 aliphatic carbocycles. The van der Waals surface area contributed by atoms with E-state index in [9.17, 15) is 9.90 Å². The minimum absolute atomic E-state index is 0.0522. The number of amides is 1. The molecule has 0 fully saturated rings. The number of fused-ring (bicyclic) bond motifs is 1. The van der Waals surface area contributed by atoms with E-state index >= 15 is 0 Å². The van der Waals surface area contributed by atoms with Gasteiger partial charge in [0.2, 0.25) is 12.7 Å². The number of carbonyl (C=O) groups is 1. The van der Waals surface area contributed by atoms with Gasteiger partial charge in [0, 0.05) is 13.2 Å². The van der Waals surface area contributed by atoms with Crippen molar-refractivity contribution >= 4 is 5.91 Å². The van der Waals surface area contributed by atoms with Gasteiger partial charge in [0.05, 0.1) is 6.10 Å². The number of aliphatic hydroxyl groups is 1. The fourth-order valence-corrected chi connectivity index (χ4v) is 1.88. The minimum Gasteiger partial charge on any atom is -0.454 e. The third-order valence-electron chi connectivity index (χ3n) is 2.96. The molecule has 0 radical (unpaired) electrons. The van der Waals surface area contributed by atoms with Crippen LogP contribution in [0.3, 0.4) is 0 Å². The monoisotopic (exact) mass is 281 g/mol. The highest BCUT2D eigenvalue weighted by molar-refractivity contribution is 5.77. The first-order chi connectivity index (χ1) is 9.70. The summed E-state index contributed by atoms with van der Waals surface area (Å²) in [7, 11) is 0. The van der Waals surface area contributed by atoms with Crippen molar-refractivity contribution in [2.45, 2.75) is 19.4 Å². The molecule has 6 heteroatoms. The summed E-state index contributed by atoms with van der Waals surface area (Å²) in [5.41, 5.74) is 0.744. The van der Waals surface area contributed by atoms with E-state index in [2.05, 4.69) is 5.32 Å². The van der Waals surface area contributed by atoms with Gasteiger partial charge < -0.3 is 24.6 Å². The smallest absolute Gasteiger partial charge is 0.245 e. The quantitative estimate of drug-likeness (QED) is 0.779. The number of benzene rings is 1. The molecule has 0 bridgehead atoms. The van der Waals surface area contributed by atoms with Crippen LogP contribution >= 0.6 is 0 Å². The first kappa shape index (κ1) is 14.6. The summed E-state index contributed by atoms with van der Waals surface area (Å²) in [6.45, 7) is 2.99. The first-order valence-corrected chi connectivity index (χ1v) is 6.62. The highest BCUT2D eigenvalue weighted by Crippen LogP contribution is 2.34. The molecular weight excluding hydrogens is 262 g/mol. The van der Waals surface area contributed by atoms with Crippen LogP contribution in [0.1, 0.15) is 25.0 Å². The maximum absolute atomic E-state index is 11.3. The van der Waals surface area contributed by atoms with Crippen LogP contribution in [0.5, 0.6) is 11.5 Å². The van der Waals surface area contributed by atoms with Crippen molar-refractivity contribution in [3.8, 4) is 11.5 Å². The van der Waals surface area contributed by atoms with E-state index in [0.717, 1.165) is 5.56 Å². The fraction of sp³-hybridized carbons (Fsp3) is 0.500. The Morgan fingerprint density at radius 2 is 2.25 bits per heavy atom. The van der Waals surface area contributed by atoms with Gasteiger partial charge >= 0.3 is 0 Å². The SMILES string of the molecule is CCOCC(=O)NCCC(O)c1ccc2c(c1)OCO2. The molecule has 1 aliphatic rings. The van der Waals surface area contributed by atoms with Gasteiger partial charge in [0.15, 0.2) is 11.5 Å². The molecule has 2 N–H and O–H groups in total. The Kier molecular flexibility index (Phi) is 5.20. The summed E-state index contributed by atoms with van der Waals surface area (Å²) < 4.78 is 15.4. The molecule has 0 saturated heterocycles. The number of hydrogen-bond acceptors (Lipinski definition) is 5. The molecule has 6 nitrogen and oxygen atoms in total. The lowest BCUT2D eigenvalue weighted by Gasteiger charge is -2.12. The van der Waals surface area contributed by atoms with Gasteiger partial charge in [-0.05, 0) is 31.0 Å². The average molecular weight is 281 g/mol. The Labute approximate surface area is 117 Å². The second-order valence-electron chi connectivity index (χ2n) is 4.40. The largest absolute Gasteiger partial charge is 0.454 e. The first-order valence-electron chi connectivity index (χ1n) is 6.62. The maximum atomic E-state index is 11.3. The summed E-state index contributed by atoms with van der Waals surface area (Å²) in [6.07, 6.45) is -0.228. The van der Waals surface area contributed by atoms with Gasteiger partial charge in [0.1, 0.15) is 6.61 Å². The molecule has 1 amide bonds. The van der Waals surface area contributed by atoms with Crippen molar-refractivity contribution in [1.82, 2.24) is 5.32 Å². The van der Waals surface area contributed by atoms with Crippen LogP contribution in [0.25, 0.3) is 0 Å². The number of hydrogen-bond donors (Lipinski definition) is 2. The number of nitrogens with one attached hydrogen (secondary N) is 1. The molecule has 110 valence electrons. The Morgan fingerprint density at radius 1 is 1.45 bits per heavy atom. The van der Waals surface area contributed by atoms with E-state index in [4.69, 9.17) is 14.2 Å². The molecule has 1 aliphatic heterocycles. The Balaban J connectivity index is 1.77. The molecule has 1 unspecified atom stereocenters. The Hall–Kier alpha value is -1.79. The van der Waals surface area contributed by atoms with Crippen molar-refractivity contribution in [1.29, 1.82) is 0 Å². The van der Waals surface area contributed by atoms with Crippen molar-refractivity contribution in [3.05, 3.63) is 23.8 Å². The van der Waals surface area contributed by atoms with Crippen molar-refractivity contribution in [2.24, 2.45) is 0 Å². The molecule has 1 aromatic rings. The van der Waals surface area contributed by atoms with Crippen LogP contribution in [0, 0.1) is 0 Å². The van der Waals surface area contributed by atoms with E-state index in [1.807, 2.05) is 6.92 Å². The van der Waals surface area contributed by atoms with E-state index in [1.54, 1.807) is 18.2 Å². The fourth-order valence-electron chi connectivity index (χ4n) is 1.88. The standard InChI is InChI=1S/C14H19NO5/c1-2-18-8-14(17)15-6-5-11(16)10-3-4-12-13(7-10)20-9-19-12/h3-4,7,11,16H,2,5-6,8-9H2,1H3,(H,15,17). The molecule has 0 spiro atoms. The van der Waals surface area contributed by atoms with Crippen molar-refractivity contribution in [3.63, 3.8) is 0 Å². The third-order valence-corrected chi connectivity index (χ3v) is 2.96. The molecular formula is C14H19NO5. The molecule has 1 aromatic carbocycles. The predicted molar refractivity (Wildman–Crippen MR) is 71.6 cm³/mol. The Morgan fingerprint density at radius 3 is 3.05 bits per heavy atom. The van der Waals surface area contributed by atoms with Crippen molar-refractivity contribution < 1.29 is 24.1 Å². The van der Waals surface area contributed by atoms with Gasteiger partial charge in [-0.2, -0.15) is 0 Å². The summed E-state index contributed by atoms with van der Waals surface area (Å²) in [5.74, 6) is 1.15. The number of carbonyl (C=O) groups excluding carboxylic acids is 1. The lowest BCUT2D eigenvalue weighted by Crippen LogP contribution is -2.29. The van der Waals surface area contributed by atoms with Crippen LogP contribution in [0.15, 0.2) is 18.2 Å². The van der Waals surface area contributed by atoms with Crippen molar-refractivity contribution in [2.75, 3.05) is 26.6 Å². The number of rotatable bonds is 7. The van der Waals surface area contributed by atoms with Crippen LogP contribution < -0.4 is 14.8 Å². The summed E-state index contributed by atoms with van der Waals surface area (Å²) in [6, 6.07) is 5.32. The summed E-state index contributed by atoms with van der Waals surface area (Å²) in [4.78, 5) is 11.3. The molecule has 1 atom stereocenters. The topological polar surface area (TPSA) is 77.0 Å². The van der Waals surface area contributed by atoms with Crippen LogP contribution in [0.4, 0.5) is 0 Å². The van der Waals surface area contributed by atoms with Gasteiger partial charge in [-0.3, -0.25) is 4.79 Å². The van der Waals surface area contributed by atoms with Gasteiger partial charge in [-0.15, -0.1) is 0 Å². The highest BCUT2D eigenvalue weighted by atomic mass is 16.7. The van der Waals surface area contributed by atoms with Gasteiger partial charge in [-0.1, -0.05) is 6.07 Å². The van der Waals surface area contributed by atoms with Gasteiger partial charge in [0.25, 0.3) is 0 Å². The van der Waals surface area contributed by atoms with Gasteiger partial charge in [-0.25, -0.2) is 0 Å². The van der Waals surface area contributed by atoms with Crippen LogP contribution in [-0.2, 0) is 9.53 Å². The van der Waals surface area contributed by atoms with Crippen LogP contribution in [-0.4, -0.2) is 37.6 Å². The average Bonchev–Trinajstić information content (AvgIpc) is 2.92. The second kappa shape index (κ2) is 7.12. The third kappa shape index (κ3) is 3.85. The zero-order valence-corrected chi connectivity index (χ0v) is 11.4. The Bertz CT molecular complexity index is 463. The summed E-state index contributed by atoms with van der Waals surface area (Å²) >= 11 is 0. The molecule has 2 rings (SSSR count). The summed E-state index contributed by atoms with van der Waals surface area (Å²) in [5, 5.41) is 12.8. The molecule has 0 saturated carbocycles. The minimum atomic E-state index is -0.656. The molecule has 0 aromatic heterocycles. The normalized spacial score (nSPS) is 14.1. The zero-order valence-electron chi connectivity index (χ0n) is 11.4. The lowest BCUT2D eigenvalue weighted by atomic mass is 10.1. The zero-order chi connectivity index (χ0) is 14.4. The number of aliphatic hydroxyl groups excluding tert-OH is 1. The molecule has 20 heavy (non-hydrogen) atoms. The highest BCUT2D eigenvalue weighted by Gasteiger charge is 2.16. The van der Waals surface area contributed by atoms with Crippen LogP contribution in [0.2, 0.25) is 0 Å². The predicted octanol–water partition coefficient (Wildman–Crippen LogP) is 0.991. The maximum Gasteiger partial charge on any atom is 0.245 e. The number of ether oxygens (including phenoxy) is 3. The van der Waals surface area contributed by atoms with E-state index in [1.165, 1.54) is 0 Å². The second-order valence-corrected chi connectivity index (χ2v) is 4.40. The van der Waals surface area contributed by atoms with E-state index < -0.39 is 6.10 Å². The van der Waals surface area contributed by atoms with E-state index in [-0.39, 0.29) is 19.3 Å². The molecule has 1 heterocycles. The van der Waals surface area contributed by atoms with E-state index in [0.29, 0.717) is 31.1 Å².